The summed E-state index contributed by atoms with van der Waals surface area (Å²) < 4.78 is 38.2. The number of rotatable bonds is 3. The fraction of sp³-hybridized carbons (Fsp3) is 0.462. The van der Waals surface area contributed by atoms with Gasteiger partial charge in [-0.15, -0.1) is 0 Å². The molecule has 1 fully saturated rings. The Bertz CT molecular complexity index is 496. The minimum atomic E-state index is -4.44. The summed E-state index contributed by atoms with van der Waals surface area (Å²) in [4.78, 5) is 13.3. The number of carbonyl (C=O) groups is 1. The number of nitrogens with one attached hydrogen (secondary N) is 1. The molecule has 1 amide bonds. The van der Waals surface area contributed by atoms with Crippen molar-refractivity contribution < 1.29 is 18.0 Å². The Morgan fingerprint density at radius 1 is 1.30 bits per heavy atom. The van der Waals surface area contributed by atoms with Crippen molar-refractivity contribution >= 4 is 17.3 Å². The van der Waals surface area contributed by atoms with E-state index in [1.54, 1.807) is 0 Å². The average Bonchev–Trinajstić information content (AvgIpc) is 2.91. The van der Waals surface area contributed by atoms with Gasteiger partial charge in [0.1, 0.15) is 0 Å². The molecule has 20 heavy (non-hydrogen) atoms. The number of carbonyl (C=O) groups excluding carboxylic acids is 1. The van der Waals surface area contributed by atoms with Gasteiger partial charge in [-0.1, -0.05) is 0 Å². The van der Waals surface area contributed by atoms with Crippen molar-refractivity contribution in [3.05, 3.63) is 23.8 Å². The molecular formula is C13H16F3N3O. The van der Waals surface area contributed by atoms with Crippen LogP contribution in [0, 0.1) is 0 Å². The summed E-state index contributed by atoms with van der Waals surface area (Å²) in [5, 5.41) is 2.44. The highest BCUT2D eigenvalue weighted by atomic mass is 19.4. The van der Waals surface area contributed by atoms with Gasteiger partial charge in [-0.25, -0.2) is 0 Å². The highest BCUT2D eigenvalue weighted by Crippen LogP contribution is 2.36. The molecule has 1 aliphatic rings. The molecule has 4 nitrogen and oxygen atoms in total. The van der Waals surface area contributed by atoms with Crippen LogP contribution in [-0.2, 0) is 11.0 Å². The van der Waals surface area contributed by atoms with E-state index < -0.39 is 17.6 Å². The summed E-state index contributed by atoms with van der Waals surface area (Å²) in [6.07, 6.45) is -2.46. The number of amides is 1. The number of benzene rings is 1. The van der Waals surface area contributed by atoms with Crippen molar-refractivity contribution in [3.8, 4) is 0 Å². The summed E-state index contributed by atoms with van der Waals surface area (Å²) in [5.41, 5.74) is 5.19. The Morgan fingerprint density at radius 2 is 1.95 bits per heavy atom. The zero-order valence-electron chi connectivity index (χ0n) is 10.8. The van der Waals surface area contributed by atoms with Crippen LogP contribution in [0.25, 0.3) is 0 Å². The molecule has 1 saturated heterocycles. The first-order valence-electron chi connectivity index (χ1n) is 6.38. The molecule has 0 aromatic heterocycles. The molecule has 0 radical (unpaired) electrons. The van der Waals surface area contributed by atoms with E-state index in [2.05, 4.69) is 5.32 Å². The van der Waals surface area contributed by atoms with Crippen molar-refractivity contribution in [2.45, 2.75) is 19.0 Å². The van der Waals surface area contributed by atoms with Gasteiger partial charge in [-0.05, 0) is 31.0 Å². The monoisotopic (exact) mass is 287 g/mol. The fourth-order valence-corrected chi connectivity index (χ4v) is 2.25. The van der Waals surface area contributed by atoms with Crippen molar-refractivity contribution in [3.63, 3.8) is 0 Å². The SMILES string of the molecule is NCC(=O)Nc1cc(C(F)(F)F)ccc1N1CCCC1. The van der Waals surface area contributed by atoms with E-state index in [0.29, 0.717) is 5.69 Å². The summed E-state index contributed by atoms with van der Waals surface area (Å²) in [5.74, 6) is -0.509. The Morgan fingerprint density at radius 3 is 2.50 bits per heavy atom. The van der Waals surface area contributed by atoms with E-state index in [-0.39, 0.29) is 12.2 Å². The molecule has 110 valence electrons. The number of halogens is 3. The van der Waals surface area contributed by atoms with E-state index in [4.69, 9.17) is 5.73 Å². The normalized spacial score (nSPS) is 15.5. The van der Waals surface area contributed by atoms with Crippen LogP contribution in [-0.4, -0.2) is 25.5 Å². The topological polar surface area (TPSA) is 58.4 Å². The molecule has 0 saturated carbocycles. The summed E-state index contributed by atoms with van der Waals surface area (Å²) in [7, 11) is 0. The molecule has 0 unspecified atom stereocenters. The molecule has 7 heteroatoms. The zero-order valence-corrected chi connectivity index (χ0v) is 10.8. The molecular weight excluding hydrogens is 271 g/mol. The third-order valence-corrected chi connectivity index (χ3v) is 3.23. The highest BCUT2D eigenvalue weighted by molar-refractivity contribution is 5.95. The van der Waals surface area contributed by atoms with Gasteiger partial charge in [0, 0.05) is 13.1 Å². The van der Waals surface area contributed by atoms with Crippen molar-refractivity contribution in [2.24, 2.45) is 5.73 Å². The number of nitrogens with two attached hydrogens (primary N) is 1. The van der Waals surface area contributed by atoms with Crippen LogP contribution in [0.1, 0.15) is 18.4 Å². The molecule has 1 heterocycles. The molecule has 0 bridgehead atoms. The first-order valence-corrected chi connectivity index (χ1v) is 6.38. The fourth-order valence-electron chi connectivity index (χ4n) is 2.25. The van der Waals surface area contributed by atoms with Gasteiger partial charge >= 0.3 is 6.18 Å². The summed E-state index contributed by atoms with van der Waals surface area (Å²) in [6.45, 7) is 1.28. The number of anilines is 2. The molecule has 0 spiro atoms. The molecule has 3 N–H and O–H groups in total. The summed E-state index contributed by atoms with van der Waals surface area (Å²) in [6, 6.07) is 3.40. The number of nitrogens with zero attached hydrogens (tertiary/aromatic N) is 1. The van der Waals surface area contributed by atoms with Crippen LogP contribution >= 0.6 is 0 Å². The molecule has 1 aromatic carbocycles. The average molecular weight is 287 g/mol. The Kier molecular flexibility index (Phi) is 4.17. The largest absolute Gasteiger partial charge is 0.416 e. The van der Waals surface area contributed by atoms with Crippen LogP contribution in [0.5, 0.6) is 0 Å². The predicted octanol–water partition coefficient (Wildman–Crippen LogP) is 2.20. The number of hydrogen-bond acceptors (Lipinski definition) is 3. The van der Waals surface area contributed by atoms with Gasteiger partial charge in [0.2, 0.25) is 5.91 Å². The van der Waals surface area contributed by atoms with E-state index in [1.165, 1.54) is 6.07 Å². The first-order chi connectivity index (χ1) is 9.41. The standard InChI is InChI=1S/C13H16F3N3O/c14-13(15,16)9-3-4-11(19-5-1-2-6-19)10(7-9)18-12(20)8-17/h3-4,7H,1-2,5-6,8,17H2,(H,18,20). The first kappa shape index (κ1) is 14.6. The lowest BCUT2D eigenvalue weighted by molar-refractivity contribution is -0.137. The minimum Gasteiger partial charge on any atom is -0.370 e. The van der Waals surface area contributed by atoms with Crippen molar-refractivity contribution in [1.82, 2.24) is 0 Å². The maximum atomic E-state index is 12.7. The van der Waals surface area contributed by atoms with Gasteiger partial charge < -0.3 is 16.0 Å². The lowest BCUT2D eigenvalue weighted by Gasteiger charge is -2.22. The van der Waals surface area contributed by atoms with Gasteiger partial charge in [-0.2, -0.15) is 13.2 Å². The third kappa shape index (κ3) is 3.22. The van der Waals surface area contributed by atoms with E-state index in [1.807, 2.05) is 4.90 Å². The highest BCUT2D eigenvalue weighted by Gasteiger charge is 2.31. The Hall–Kier alpha value is -1.76. The van der Waals surface area contributed by atoms with Gasteiger partial charge in [-0.3, -0.25) is 4.79 Å². The maximum absolute atomic E-state index is 12.7. The maximum Gasteiger partial charge on any atom is 0.416 e. The molecule has 1 aromatic rings. The van der Waals surface area contributed by atoms with Gasteiger partial charge in [0.15, 0.2) is 0 Å². The van der Waals surface area contributed by atoms with Crippen LogP contribution in [0.2, 0.25) is 0 Å². The summed E-state index contributed by atoms with van der Waals surface area (Å²) >= 11 is 0. The molecule has 0 aliphatic carbocycles. The lowest BCUT2D eigenvalue weighted by Crippen LogP contribution is -2.25. The van der Waals surface area contributed by atoms with E-state index in [0.717, 1.165) is 38.1 Å². The van der Waals surface area contributed by atoms with Crippen molar-refractivity contribution in [1.29, 1.82) is 0 Å². The Balaban J connectivity index is 2.37. The minimum absolute atomic E-state index is 0.164. The molecule has 2 rings (SSSR count). The second-order valence-corrected chi connectivity index (χ2v) is 4.68. The lowest BCUT2D eigenvalue weighted by atomic mass is 10.1. The quantitative estimate of drug-likeness (QED) is 0.896. The van der Waals surface area contributed by atoms with E-state index >= 15 is 0 Å². The van der Waals surface area contributed by atoms with Gasteiger partial charge in [0.25, 0.3) is 0 Å². The van der Waals surface area contributed by atoms with Crippen LogP contribution in [0.3, 0.4) is 0 Å². The second kappa shape index (κ2) is 5.70. The zero-order chi connectivity index (χ0) is 14.8. The predicted molar refractivity (Wildman–Crippen MR) is 70.6 cm³/mol. The van der Waals surface area contributed by atoms with Crippen LogP contribution in [0.15, 0.2) is 18.2 Å². The number of hydrogen-bond donors (Lipinski definition) is 2. The van der Waals surface area contributed by atoms with Crippen LogP contribution in [0.4, 0.5) is 24.5 Å². The smallest absolute Gasteiger partial charge is 0.370 e. The third-order valence-electron chi connectivity index (χ3n) is 3.23. The molecule has 1 aliphatic heterocycles. The van der Waals surface area contributed by atoms with Gasteiger partial charge in [0.05, 0.1) is 23.5 Å². The van der Waals surface area contributed by atoms with E-state index in [9.17, 15) is 18.0 Å². The Labute approximate surface area is 114 Å². The number of alkyl halides is 3. The molecule has 0 atom stereocenters. The second-order valence-electron chi connectivity index (χ2n) is 4.68. The van der Waals surface area contributed by atoms with Crippen molar-refractivity contribution in [2.75, 3.05) is 29.9 Å². The van der Waals surface area contributed by atoms with Crippen LogP contribution < -0.4 is 16.0 Å².